The molecule has 6 nitrogen and oxygen atoms in total. The van der Waals surface area contributed by atoms with Crippen LogP contribution in [0.25, 0.3) is 0 Å². The van der Waals surface area contributed by atoms with Crippen molar-refractivity contribution < 1.29 is 9.59 Å². The number of hydrogen-bond donors (Lipinski definition) is 2. The number of likely N-dealkylation sites (tertiary alicyclic amines) is 1. The predicted molar refractivity (Wildman–Crippen MR) is 113 cm³/mol. The van der Waals surface area contributed by atoms with Gasteiger partial charge in [-0.25, -0.2) is 9.78 Å². The molecule has 0 atom stereocenters. The van der Waals surface area contributed by atoms with E-state index in [2.05, 4.69) is 29.5 Å². The van der Waals surface area contributed by atoms with Crippen molar-refractivity contribution in [3.8, 4) is 0 Å². The van der Waals surface area contributed by atoms with Gasteiger partial charge in [0.1, 0.15) is 5.03 Å². The zero-order valence-electron chi connectivity index (χ0n) is 16.2. The van der Waals surface area contributed by atoms with Gasteiger partial charge >= 0.3 is 6.03 Å². The van der Waals surface area contributed by atoms with Gasteiger partial charge in [-0.1, -0.05) is 32.0 Å². The van der Waals surface area contributed by atoms with E-state index in [1.54, 1.807) is 28.9 Å². The molecular weight excluding hydrogens is 372 g/mol. The number of urea groups is 1. The summed E-state index contributed by atoms with van der Waals surface area (Å²) in [5.74, 6) is -0.0940. The smallest absolute Gasteiger partial charge is 0.321 e. The van der Waals surface area contributed by atoms with E-state index in [0.29, 0.717) is 23.9 Å². The predicted octanol–water partition coefficient (Wildman–Crippen LogP) is 4.01. The summed E-state index contributed by atoms with van der Waals surface area (Å²) in [6.07, 6.45) is 3.19. The Morgan fingerprint density at radius 3 is 2.50 bits per heavy atom. The quantitative estimate of drug-likeness (QED) is 0.747. The molecule has 0 aliphatic carbocycles. The molecule has 1 aliphatic heterocycles. The summed E-state index contributed by atoms with van der Waals surface area (Å²) in [6, 6.07) is 13.0. The lowest BCUT2D eigenvalue weighted by molar-refractivity contribution is 0.0915. The molecule has 0 radical (unpaired) electrons. The Bertz CT molecular complexity index is 805. The van der Waals surface area contributed by atoms with Crippen LogP contribution in [0, 0.1) is 0 Å². The highest BCUT2D eigenvalue weighted by Crippen LogP contribution is 2.24. The van der Waals surface area contributed by atoms with Gasteiger partial charge < -0.3 is 15.5 Å². The summed E-state index contributed by atoms with van der Waals surface area (Å²) in [7, 11) is 0. The topological polar surface area (TPSA) is 74.3 Å². The van der Waals surface area contributed by atoms with E-state index in [1.165, 1.54) is 0 Å². The normalized spacial score (nSPS) is 14.8. The number of benzene rings is 1. The van der Waals surface area contributed by atoms with E-state index < -0.39 is 0 Å². The van der Waals surface area contributed by atoms with Crippen LogP contribution in [-0.4, -0.2) is 46.2 Å². The van der Waals surface area contributed by atoms with Crippen molar-refractivity contribution in [3.63, 3.8) is 0 Å². The molecule has 3 amide bonds. The van der Waals surface area contributed by atoms with E-state index in [-0.39, 0.29) is 18.0 Å². The number of thioether (sulfide) groups is 1. The highest BCUT2D eigenvalue weighted by atomic mass is 32.2. The Labute approximate surface area is 170 Å². The number of carbonyl (C=O) groups is 2. The lowest BCUT2D eigenvalue weighted by Gasteiger charge is -2.32. The molecule has 0 bridgehead atoms. The fourth-order valence-electron chi connectivity index (χ4n) is 3.09. The minimum atomic E-state index is -0.0983. The van der Waals surface area contributed by atoms with Crippen LogP contribution in [0.5, 0.6) is 0 Å². The van der Waals surface area contributed by atoms with Crippen LogP contribution in [0.3, 0.4) is 0 Å². The van der Waals surface area contributed by atoms with E-state index in [0.717, 1.165) is 23.6 Å². The number of amides is 3. The van der Waals surface area contributed by atoms with Crippen LogP contribution in [-0.2, 0) is 0 Å². The maximum atomic E-state index is 12.7. The minimum absolute atomic E-state index is 0.0605. The van der Waals surface area contributed by atoms with E-state index >= 15 is 0 Å². The summed E-state index contributed by atoms with van der Waals surface area (Å²) in [4.78, 5) is 31.2. The van der Waals surface area contributed by atoms with Crippen molar-refractivity contribution in [1.29, 1.82) is 0 Å². The van der Waals surface area contributed by atoms with Crippen LogP contribution in [0.15, 0.2) is 53.7 Å². The third kappa shape index (κ3) is 5.48. The first-order valence-electron chi connectivity index (χ1n) is 9.56. The number of piperidine rings is 1. The number of pyridine rings is 1. The number of anilines is 1. The molecule has 1 fully saturated rings. The minimum Gasteiger partial charge on any atom is -0.349 e. The van der Waals surface area contributed by atoms with Crippen molar-refractivity contribution in [1.82, 2.24) is 15.2 Å². The number of carbonyl (C=O) groups excluding carboxylic acids is 2. The monoisotopic (exact) mass is 398 g/mol. The molecule has 2 aromatic rings. The van der Waals surface area contributed by atoms with Gasteiger partial charge in [0.05, 0.1) is 5.56 Å². The molecule has 1 aromatic carbocycles. The molecule has 0 unspecified atom stereocenters. The standard InChI is InChI=1S/C21H26N4O2S/c1-15(2)28-20-18(9-6-12-22-20)19(26)23-17-10-13-25(14-11-17)21(27)24-16-7-4-3-5-8-16/h3-9,12,15,17H,10-11,13-14H2,1-2H3,(H,23,26)(H,24,27). The molecule has 1 aromatic heterocycles. The highest BCUT2D eigenvalue weighted by Gasteiger charge is 2.25. The van der Waals surface area contributed by atoms with Crippen LogP contribution in [0.1, 0.15) is 37.0 Å². The maximum absolute atomic E-state index is 12.7. The Morgan fingerprint density at radius 2 is 1.82 bits per heavy atom. The van der Waals surface area contributed by atoms with Gasteiger partial charge in [-0.2, -0.15) is 0 Å². The van der Waals surface area contributed by atoms with Crippen molar-refractivity contribution in [2.75, 3.05) is 18.4 Å². The van der Waals surface area contributed by atoms with Gasteiger partial charge in [0.25, 0.3) is 5.91 Å². The van der Waals surface area contributed by atoms with Gasteiger partial charge in [-0.05, 0) is 37.1 Å². The first kappa shape index (κ1) is 20.2. The summed E-state index contributed by atoms with van der Waals surface area (Å²) in [6.45, 7) is 5.39. The third-order valence-corrected chi connectivity index (χ3v) is 5.53. The van der Waals surface area contributed by atoms with Gasteiger partial charge in [0.15, 0.2) is 0 Å². The van der Waals surface area contributed by atoms with Crippen LogP contribution in [0.4, 0.5) is 10.5 Å². The second-order valence-corrected chi connectivity index (χ2v) is 8.62. The number of nitrogens with zero attached hydrogens (tertiary/aromatic N) is 2. The molecule has 148 valence electrons. The Balaban J connectivity index is 1.52. The molecule has 3 rings (SSSR count). The number of para-hydroxylation sites is 1. The zero-order chi connectivity index (χ0) is 19.9. The summed E-state index contributed by atoms with van der Waals surface area (Å²) in [5.41, 5.74) is 1.40. The summed E-state index contributed by atoms with van der Waals surface area (Å²) >= 11 is 1.59. The molecule has 28 heavy (non-hydrogen) atoms. The Hall–Kier alpha value is -2.54. The van der Waals surface area contributed by atoms with Gasteiger partial charge in [0, 0.05) is 36.3 Å². The Morgan fingerprint density at radius 1 is 1.11 bits per heavy atom. The van der Waals surface area contributed by atoms with Crippen molar-refractivity contribution in [2.24, 2.45) is 0 Å². The fraction of sp³-hybridized carbons (Fsp3) is 0.381. The highest BCUT2D eigenvalue weighted by molar-refractivity contribution is 7.99. The van der Waals surface area contributed by atoms with E-state index in [9.17, 15) is 9.59 Å². The van der Waals surface area contributed by atoms with Crippen LogP contribution < -0.4 is 10.6 Å². The summed E-state index contributed by atoms with van der Waals surface area (Å²) in [5, 5.41) is 7.13. The number of aromatic nitrogens is 1. The number of nitrogens with one attached hydrogen (secondary N) is 2. The molecule has 2 N–H and O–H groups in total. The molecule has 7 heteroatoms. The third-order valence-electron chi connectivity index (χ3n) is 4.51. The summed E-state index contributed by atoms with van der Waals surface area (Å²) < 4.78 is 0. The molecule has 0 saturated carbocycles. The van der Waals surface area contributed by atoms with Crippen molar-refractivity contribution in [3.05, 3.63) is 54.2 Å². The van der Waals surface area contributed by atoms with Crippen molar-refractivity contribution in [2.45, 2.75) is 43.0 Å². The second-order valence-electron chi connectivity index (χ2n) is 7.05. The molecule has 0 spiro atoms. The molecule has 1 saturated heterocycles. The van der Waals surface area contributed by atoms with Gasteiger partial charge in [-0.3, -0.25) is 4.79 Å². The number of rotatable bonds is 5. The fourth-order valence-corrected chi connectivity index (χ4v) is 3.95. The lowest BCUT2D eigenvalue weighted by Crippen LogP contribution is -2.47. The molecular formula is C21H26N4O2S. The zero-order valence-corrected chi connectivity index (χ0v) is 17.0. The molecule has 1 aliphatic rings. The van der Waals surface area contributed by atoms with Crippen molar-refractivity contribution >= 4 is 29.4 Å². The van der Waals surface area contributed by atoms with E-state index in [4.69, 9.17) is 0 Å². The molecule has 2 heterocycles. The van der Waals surface area contributed by atoms with E-state index in [1.807, 2.05) is 36.4 Å². The average Bonchev–Trinajstić information content (AvgIpc) is 2.69. The lowest BCUT2D eigenvalue weighted by atomic mass is 10.0. The first-order chi connectivity index (χ1) is 13.5. The average molecular weight is 399 g/mol. The Kier molecular flexibility index (Phi) is 6.92. The maximum Gasteiger partial charge on any atom is 0.321 e. The van der Waals surface area contributed by atoms with Gasteiger partial charge in [0.2, 0.25) is 0 Å². The van der Waals surface area contributed by atoms with Crippen LogP contribution in [0.2, 0.25) is 0 Å². The SMILES string of the molecule is CC(C)Sc1ncccc1C(=O)NC1CCN(C(=O)Nc2ccccc2)CC1. The largest absolute Gasteiger partial charge is 0.349 e. The van der Waals surface area contributed by atoms with Gasteiger partial charge in [-0.15, -0.1) is 11.8 Å². The van der Waals surface area contributed by atoms with Crippen LogP contribution >= 0.6 is 11.8 Å². The number of hydrogen-bond acceptors (Lipinski definition) is 4. The second kappa shape index (κ2) is 9.59. The first-order valence-corrected chi connectivity index (χ1v) is 10.4.